The van der Waals surface area contributed by atoms with E-state index in [4.69, 9.17) is 0 Å². The smallest absolute Gasteiger partial charge is 0.354 e. The van der Waals surface area contributed by atoms with Gasteiger partial charge in [0.05, 0.1) is 16.3 Å². The summed E-state index contributed by atoms with van der Waals surface area (Å²) < 4.78 is 5.57. The van der Waals surface area contributed by atoms with Crippen LogP contribution in [0.15, 0.2) is 17.1 Å². The van der Waals surface area contributed by atoms with Crippen LogP contribution in [-0.4, -0.2) is 28.8 Å². The number of methoxy groups -OCH3 is 1. The fourth-order valence-electron chi connectivity index (χ4n) is 1.73. The number of carbonyl (C=O) groups is 2. The fourth-order valence-corrected chi connectivity index (χ4v) is 2.62. The number of H-pyrrole nitrogens is 2. The zero-order valence-corrected chi connectivity index (χ0v) is 14.2. The Kier molecular flexibility index (Phi) is 4.70. The van der Waals surface area contributed by atoms with E-state index in [2.05, 4.69) is 14.7 Å². The normalized spacial score (nSPS) is 13.4. The lowest BCUT2D eigenvalue weighted by atomic mass is 9.91. The number of aromatic amines is 2. The topological polar surface area (TPSA) is 92.0 Å². The zero-order chi connectivity index (χ0) is 17.2. The number of carbonyl (C=O) groups excluding carboxylic acids is 2. The largest absolute Gasteiger partial charge is 0.464 e. The van der Waals surface area contributed by atoms with Gasteiger partial charge in [-0.1, -0.05) is 20.8 Å². The molecule has 2 heterocycles. The SMILES string of the molecule is COC(=O)c1cc(/C=c2/s/c(=C\C(=O)C(C)(C)C)[nH]c2=O)c[nH]1. The number of thiazole rings is 1. The van der Waals surface area contributed by atoms with Crippen molar-refractivity contribution in [2.45, 2.75) is 20.8 Å². The molecule has 0 aliphatic carbocycles. The quantitative estimate of drug-likeness (QED) is 0.811. The Hall–Kier alpha value is -2.41. The Morgan fingerprint density at radius 3 is 2.61 bits per heavy atom. The van der Waals surface area contributed by atoms with E-state index < -0.39 is 11.4 Å². The minimum atomic E-state index is -0.499. The van der Waals surface area contributed by atoms with Crippen LogP contribution in [0.4, 0.5) is 0 Å². The lowest BCUT2D eigenvalue weighted by Gasteiger charge is -2.12. The number of esters is 1. The second-order valence-corrected chi connectivity index (χ2v) is 7.11. The number of aromatic nitrogens is 2. The van der Waals surface area contributed by atoms with E-state index in [1.165, 1.54) is 24.5 Å². The second kappa shape index (κ2) is 6.37. The van der Waals surface area contributed by atoms with Crippen molar-refractivity contribution in [2.75, 3.05) is 7.11 Å². The third kappa shape index (κ3) is 4.07. The van der Waals surface area contributed by atoms with Crippen molar-refractivity contribution in [1.82, 2.24) is 9.97 Å². The molecule has 6 nitrogen and oxygen atoms in total. The van der Waals surface area contributed by atoms with Crippen molar-refractivity contribution in [1.29, 1.82) is 0 Å². The molecule has 0 bridgehead atoms. The molecule has 2 rings (SSSR count). The van der Waals surface area contributed by atoms with Crippen molar-refractivity contribution < 1.29 is 14.3 Å². The third-order valence-electron chi connectivity index (χ3n) is 3.09. The van der Waals surface area contributed by atoms with Crippen molar-refractivity contribution in [3.05, 3.63) is 43.1 Å². The van der Waals surface area contributed by atoms with Gasteiger partial charge in [-0.2, -0.15) is 0 Å². The highest BCUT2D eigenvalue weighted by molar-refractivity contribution is 7.07. The molecule has 122 valence electrons. The lowest BCUT2D eigenvalue weighted by molar-refractivity contribution is -0.119. The molecular formula is C16H18N2O4S. The molecule has 0 saturated heterocycles. The minimum Gasteiger partial charge on any atom is -0.464 e. The maximum atomic E-state index is 12.0. The van der Waals surface area contributed by atoms with Gasteiger partial charge < -0.3 is 14.7 Å². The van der Waals surface area contributed by atoms with Gasteiger partial charge in [0.1, 0.15) is 5.69 Å². The number of ether oxygens (including phenoxy) is 1. The van der Waals surface area contributed by atoms with Crippen LogP contribution >= 0.6 is 11.3 Å². The Morgan fingerprint density at radius 1 is 1.30 bits per heavy atom. The van der Waals surface area contributed by atoms with Crippen LogP contribution in [0.25, 0.3) is 12.2 Å². The highest BCUT2D eigenvalue weighted by atomic mass is 32.1. The molecule has 0 unspecified atom stereocenters. The van der Waals surface area contributed by atoms with Crippen LogP contribution in [0.1, 0.15) is 36.8 Å². The minimum absolute atomic E-state index is 0.0591. The second-order valence-electron chi connectivity index (χ2n) is 6.03. The van der Waals surface area contributed by atoms with E-state index in [1.807, 2.05) is 20.8 Å². The summed E-state index contributed by atoms with van der Waals surface area (Å²) in [6, 6.07) is 1.59. The van der Waals surface area contributed by atoms with Gasteiger partial charge in [0.15, 0.2) is 5.78 Å². The van der Waals surface area contributed by atoms with Crippen LogP contribution in [0.3, 0.4) is 0 Å². The van der Waals surface area contributed by atoms with Gasteiger partial charge in [0.2, 0.25) is 0 Å². The van der Waals surface area contributed by atoms with Crippen LogP contribution in [0.5, 0.6) is 0 Å². The molecule has 0 saturated carbocycles. The first-order valence-corrected chi connectivity index (χ1v) is 7.76. The zero-order valence-electron chi connectivity index (χ0n) is 13.4. The van der Waals surface area contributed by atoms with E-state index in [0.29, 0.717) is 20.5 Å². The molecule has 7 heteroatoms. The molecule has 0 aliphatic heterocycles. The maximum absolute atomic E-state index is 12.0. The summed E-state index contributed by atoms with van der Waals surface area (Å²) >= 11 is 1.19. The summed E-state index contributed by atoms with van der Waals surface area (Å²) in [5.74, 6) is -0.536. The summed E-state index contributed by atoms with van der Waals surface area (Å²) in [6.45, 7) is 5.45. The number of ketones is 1. The fraction of sp³-hybridized carbons (Fsp3) is 0.312. The van der Waals surface area contributed by atoms with Gasteiger partial charge in [-0.15, -0.1) is 11.3 Å². The van der Waals surface area contributed by atoms with Gasteiger partial charge in [0, 0.05) is 17.7 Å². The number of Topliss-reactive ketones (excluding diaryl/α,β-unsaturated/α-hetero) is 1. The van der Waals surface area contributed by atoms with E-state index in [1.54, 1.807) is 18.3 Å². The molecule has 0 aromatic carbocycles. The van der Waals surface area contributed by atoms with Gasteiger partial charge in [-0.05, 0) is 17.7 Å². The van der Waals surface area contributed by atoms with Crippen molar-refractivity contribution in [2.24, 2.45) is 5.41 Å². The van der Waals surface area contributed by atoms with Crippen LogP contribution in [0.2, 0.25) is 0 Å². The Bertz CT molecular complexity index is 909. The molecule has 0 spiro atoms. The highest BCUT2D eigenvalue weighted by Gasteiger charge is 2.18. The predicted octanol–water partition coefficient (Wildman–Crippen LogP) is 0.776. The Labute approximate surface area is 136 Å². The summed E-state index contributed by atoms with van der Waals surface area (Å²) in [5.41, 5.74) is 0.206. The third-order valence-corrected chi connectivity index (χ3v) is 4.05. The molecule has 0 radical (unpaired) electrons. The summed E-state index contributed by atoms with van der Waals surface area (Å²) in [5, 5.41) is 0. The molecule has 0 fully saturated rings. The van der Waals surface area contributed by atoms with E-state index in [-0.39, 0.29) is 11.3 Å². The predicted molar refractivity (Wildman–Crippen MR) is 88.8 cm³/mol. The molecule has 0 atom stereocenters. The van der Waals surface area contributed by atoms with Gasteiger partial charge >= 0.3 is 5.97 Å². The number of nitrogens with one attached hydrogen (secondary N) is 2. The van der Waals surface area contributed by atoms with E-state index >= 15 is 0 Å². The first kappa shape index (κ1) is 17.0. The van der Waals surface area contributed by atoms with Crippen LogP contribution < -0.4 is 14.8 Å². The average molecular weight is 334 g/mol. The molecule has 2 N–H and O–H groups in total. The summed E-state index contributed by atoms with van der Waals surface area (Å²) in [4.78, 5) is 40.8. The standard InChI is InChI=1S/C16H18N2O4S/c1-16(2,3)12(19)7-13-18-14(20)11(23-13)6-9-5-10(17-8-9)15(21)22-4/h5-8,17H,1-4H3,(H,18,20)/b11-6+,13-7-. The van der Waals surface area contributed by atoms with Gasteiger partial charge in [-0.3, -0.25) is 9.59 Å². The van der Waals surface area contributed by atoms with Crippen LogP contribution in [-0.2, 0) is 9.53 Å². The van der Waals surface area contributed by atoms with E-state index in [9.17, 15) is 14.4 Å². The first-order chi connectivity index (χ1) is 10.7. The average Bonchev–Trinajstić information content (AvgIpc) is 3.05. The first-order valence-electron chi connectivity index (χ1n) is 6.94. The molecule has 2 aromatic rings. The van der Waals surface area contributed by atoms with Crippen molar-refractivity contribution >= 4 is 35.2 Å². The van der Waals surface area contributed by atoms with E-state index in [0.717, 1.165) is 0 Å². The van der Waals surface area contributed by atoms with Gasteiger partial charge in [0.25, 0.3) is 5.56 Å². The summed E-state index contributed by atoms with van der Waals surface area (Å²) in [7, 11) is 1.30. The number of hydrogen-bond acceptors (Lipinski definition) is 5. The lowest BCUT2D eigenvalue weighted by Crippen LogP contribution is -2.22. The van der Waals surface area contributed by atoms with Gasteiger partial charge in [-0.25, -0.2) is 4.79 Å². The maximum Gasteiger partial charge on any atom is 0.354 e. The monoisotopic (exact) mass is 334 g/mol. The Morgan fingerprint density at radius 2 is 2.00 bits per heavy atom. The Balaban J connectivity index is 2.40. The molecule has 23 heavy (non-hydrogen) atoms. The molecular weight excluding hydrogens is 316 g/mol. The highest BCUT2D eigenvalue weighted by Crippen LogP contribution is 2.14. The number of hydrogen-bond donors (Lipinski definition) is 2. The summed E-state index contributed by atoms with van der Waals surface area (Å²) in [6.07, 6.45) is 4.70. The number of rotatable bonds is 3. The molecule has 2 aromatic heterocycles. The van der Waals surface area contributed by atoms with Crippen LogP contribution in [0, 0.1) is 5.41 Å². The van der Waals surface area contributed by atoms with Crippen molar-refractivity contribution in [3.63, 3.8) is 0 Å². The molecule has 0 amide bonds. The molecule has 0 aliphatic rings. The van der Waals surface area contributed by atoms with Crippen molar-refractivity contribution in [3.8, 4) is 0 Å².